The topological polar surface area (TPSA) is 113 Å². The van der Waals surface area contributed by atoms with Crippen molar-refractivity contribution in [2.24, 2.45) is 4.99 Å². The molecule has 0 amide bonds. The maximum atomic E-state index is 13.8. The van der Waals surface area contributed by atoms with E-state index in [1.807, 2.05) is 17.5 Å². The smallest absolute Gasteiger partial charge is 0.338 e. The number of non-ortho nitro benzene ring substituents is 1. The summed E-state index contributed by atoms with van der Waals surface area (Å²) in [6, 6.07) is 14.2. The third kappa shape index (κ3) is 5.48. The van der Waals surface area contributed by atoms with Crippen molar-refractivity contribution in [3.8, 4) is 5.75 Å². The number of fused-ring (bicyclic) bond motifs is 1. The second-order valence-corrected chi connectivity index (χ2v) is 11.1. The van der Waals surface area contributed by atoms with Crippen LogP contribution in [0.25, 0.3) is 6.08 Å². The van der Waals surface area contributed by atoms with Gasteiger partial charge < -0.3 is 9.47 Å². The second kappa shape index (κ2) is 11.6. The number of carbonyl (C=O) groups is 1. The first-order valence-corrected chi connectivity index (χ1v) is 14.2. The highest BCUT2D eigenvalue weighted by Crippen LogP contribution is 2.33. The fourth-order valence-corrected chi connectivity index (χ4v) is 6.33. The number of ether oxygens (including phenoxy) is 2. The average Bonchev–Trinajstić information content (AvgIpc) is 3.56. The summed E-state index contributed by atoms with van der Waals surface area (Å²) < 4.78 is 13.2. The molecule has 40 heavy (non-hydrogen) atoms. The number of nitro benzene ring substituents is 1. The van der Waals surface area contributed by atoms with Gasteiger partial charge in [-0.05, 0) is 67.3 Å². The molecule has 0 fully saturated rings. The molecule has 0 spiro atoms. The number of thiazole rings is 1. The Morgan fingerprint density at radius 1 is 1.23 bits per heavy atom. The molecule has 204 valence electrons. The number of rotatable bonds is 8. The molecule has 0 N–H and O–H groups in total. The lowest BCUT2D eigenvalue weighted by Gasteiger charge is -2.23. The van der Waals surface area contributed by atoms with E-state index < -0.39 is 16.9 Å². The fourth-order valence-electron chi connectivity index (χ4n) is 4.29. The van der Waals surface area contributed by atoms with Crippen LogP contribution in [0.3, 0.4) is 0 Å². The van der Waals surface area contributed by atoms with Crippen LogP contribution in [0.2, 0.25) is 5.02 Å². The zero-order valence-electron chi connectivity index (χ0n) is 21.3. The molecule has 1 aliphatic rings. The monoisotopic (exact) mass is 595 g/mol. The molecule has 0 radical (unpaired) electrons. The number of hydrogen-bond acceptors (Lipinski definition) is 9. The van der Waals surface area contributed by atoms with Crippen molar-refractivity contribution >= 4 is 52.0 Å². The van der Waals surface area contributed by atoms with Gasteiger partial charge in [0, 0.05) is 27.6 Å². The van der Waals surface area contributed by atoms with Crippen LogP contribution < -0.4 is 19.6 Å². The van der Waals surface area contributed by atoms with E-state index in [0.29, 0.717) is 36.9 Å². The molecule has 2 aromatic heterocycles. The van der Waals surface area contributed by atoms with Gasteiger partial charge in [0.1, 0.15) is 18.4 Å². The average molecular weight is 596 g/mol. The quantitative estimate of drug-likeness (QED) is 0.161. The molecular weight excluding hydrogens is 574 g/mol. The Morgan fingerprint density at radius 3 is 2.67 bits per heavy atom. The first kappa shape index (κ1) is 27.5. The second-order valence-electron chi connectivity index (χ2n) is 8.71. The molecule has 1 atom stereocenters. The maximum Gasteiger partial charge on any atom is 0.338 e. The Morgan fingerprint density at radius 2 is 2.00 bits per heavy atom. The van der Waals surface area contributed by atoms with Crippen molar-refractivity contribution in [3.05, 3.63) is 122 Å². The predicted octanol–water partition coefficient (Wildman–Crippen LogP) is 5.00. The standard InChI is InChI=1S/C28H22ClN3O6S2/c1-3-37-27(34)24-16(2)30-28-31(25(24)22-5-4-12-39-22)26(33)23(40-28)14-18-13-19(29)8-11-21(18)38-15-17-6-9-20(10-7-17)32(35)36/h4-14,25H,3,15H2,1-2H3/b23-14-/t25-/m0/s1. The summed E-state index contributed by atoms with van der Waals surface area (Å²) in [6.45, 7) is 3.83. The highest BCUT2D eigenvalue weighted by atomic mass is 35.5. The Bertz CT molecular complexity index is 1810. The summed E-state index contributed by atoms with van der Waals surface area (Å²) in [5, 5.41) is 13.3. The van der Waals surface area contributed by atoms with Gasteiger partial charge in [0.15, 0.2) is 4.80 Å². The summed E-state index contributed by atoms with van der Waals surface area (Å²) in [5.74, 6) is -0.0278. The van der Waals surface area contributed by atoms with E-state index in [9.17, 15) is 19.7 Å². The van der Waals surface area contributed by atoms with Gasteiger partial charge in [-0.2, -0.15) is 0 Å². The number of thiophene rings is 1. The summed E-state index contributed by atoms with van der Waals surface area (Å²) in [7, 11) is 0. The number of aromatic nitrogens is 1. The van der Waals surface area contributed by atoms with E-state index in [1.54, 1.807) is 50.3 Å². The summed E-state index contributed by atoms with van der Waals surface area (Å²) in [4.78, 5) is 43.1. The number of allylic oxidation sites excluding steroid dienone is 1. The maximum absolute atomic E-state index is 13.8. The summed E-state index contributed by atoms with van der Waals surface area (Å²) in [5.41, 5.74) is 1.83. The van der Waals surface area contributed by atoms with Crippen molar-refractivity contribution in [2.75, 3.05) is 6.61 Å². The Kier molecular flexibility index (Phi) is 7.97. The SMILES string of the molecule is CCOC(=O)C1=C(C)N=c2s/c(=C\c3cc(Cl)ccc3OCc3ccc([N+](=O)[O-])cc3)c(=O)n2[C@H]1c1cccs1. The third-order valence-electron chi connectivity index (χ3n) is 6.13. The van der Waals surface area contributed by atoms with Gasteiger partial charge in [0.25, 0.3) is 11.2 Å². The Labute approximate surface area is 241 Å². The van der Waals surface area contributed by atoms with Crippen LogP contribution >= 0.6 is 34.3 Å². The Balaban J connectivity index is 1.55. The van der Waals surface area contributed by atoms with Crippen LogP contribution in [0.15, 0.2) is 81.0 Å². The number of esters is 1. The van der Waals surface area contributed by atoms with Crippen molar-refractivity contribution in [3.63, 3.8) is 0 Å². The molecular formula is C28H22ClN3O6S2. The normalized spacial score (nSPS) is 15.0. The molecule has 5 rings (SSSR count). The molecule has 12 heteroatoms. The van der Waals surface area contributed by atoms with Crippen LogP contribution in [0.5, 0.6) is 5.75 Å². The molecule has 3 heterocycles. The molecule has 0 saturated heterocycles. The highest BCUT2D eigenvalue weighted by Gasteiger charge is 2.33. The van der Waals surface area contributed by atoms with E-state index in [-0.39, 0.29) is 24.5 Å². The number of carbonyl (C=O) groups excluding carboxylic acids is 1. The van der Waals surface area contributed by atoms with Crippen molar-refractivity contribution in [2.45, 2.75) is 26.5 Å². The number of halogens is 1. The zero-order valence-corrected chi connectivity index (χ0v) is 23.7. The van der Waals surface area contributed by atoms with Crippen LogP contribution in [0.1, 0.15) is 35.9 Å². The minimum Gasteiger partial charge on any atom is -0.488 e. The predicted molar refractivity (Wildman–Crippen MR) is 154 cm³/mol. The van der Waals surface area contributed by atoms with Crippen LogP contribution in [-0.4, -0.2) is 22.1 Å². The van der Waals surface area contributed by atoms with Crippen molar-refractivity contribution in [1.82, 2.24) is 4.57 Å². The minimum atomic E-state index is -0.658. The molecule has 1 aliphatic heterocycles. The molecule has 0 unspecified atom stereocenters. The number of nitro groups is 1. The van der Waals surface area contributed by atoms with Crippen molar-refractivity contribution in [1.29, 1.82) is 0 Å². The van der Waals surface area contributed by atoms with Crippen LogP contribution in [0, 0.1) is 10.1 Å². The summed E-state index contributed by atoms with van der Waals surface area (Å²) in [6.07, 6.45) is 1.69. The molecule has 2 aromatic carbocycles. The molecule has 4 aromatic rings. The van der Waals surface area contributed by atoms with Gasteiger partial charge >= 0.3 is 5.97 Å². The first-order valence-electron chi connectivity index (χ1n) is 12.2. The molecule has 9 nitrogen and oxygen atoms in total. The third-order valence-corrected chi connectivity index (χ3v) is 8.27. The number of nitrogens with zero attached hydrogens (tertiary/aromatic N) is 3. The van der Waals surface area contributed by atoms with Crippen molar-refractivity contribution < 1.29 is 19.2 Å². The van der Waals surface area contributed by atoms with Gasteiger partial charge in [-0.1, -0.05) is 29.0 Å². The molecule has 0 aliphatic carbocycles. The lowest BCUT2D eigenvalue weighted by molar-refractivity contribution is -0.384. The van der Waals surface area contributed by atoms with E-state index in [4.69, 9.17) is 21.1 Å². The van der Waals surface area contributed by atoms with Gasteiger partial charge in [-0.3, -0.25) is 19.5 Å². The van der Waals surface area contributed by atoms with E-state index >= 15 is 0 Å². The molecule has 0 saturated carbocycles. The van der Waals surface area contributed by atoms with Gasteiger partial charge in [0.2, 0.25) is 0 Å². The zero-order chi connectivity index (χ0) is 28.4. The number of hydrogen-bond donors (Lipinski definition) is 0. The minimum absolute atomic E-state index is 0.00601. The highest BCUT2D eigenvalue weighted by molar-refractivity contribution is 7.10. The lowest BCUT2D eigenvalue weighted by atomic mass is 10.0. The largest absolute Gasteiger partial charge is 0.488 e. The fraction of sp³-hybridized carbons (Fsp3) is 0.179. The summed E-state index contributed by atoms with van der Waals surface area (Å²) >= 11 is 8.94. The molecule has 0 bridgehead atoms. The van der Waals surface area contributed by atoms with Crippen LogP contribution in [0.4, 0.5) is 5.69 Å². The van der Waals surface area contributed by atoms with E-state index in [2.05, 4.69) is 4.99 Å². The van der Waals surface area contributed by atoms with Gasteiger partial charge in [-0.15, -0.1) is 11.3 Å². The Hall–Kier alpha value is -4.06. The van der Waals surface area contributed by atoms with E-state index in [1.165, 1.54) is 39.4 Å². The van der Waals surface area contributed by atoms with Crippen LogP contribution in [-0.2, 0) is 16.1 Å². The number of benzene rings is 2. The van der Waals surface area contributed by atoms with E-state index in [0.717, 1.165) is 10.4 Å². The first-order chi connectivity index (χ1) is 19.3. The van der Waals surface area contributed by atoms with Gasteiger partial charge in [-0.25, -0.2) is 9.79 Å². The lowest BCUT2D eigenvalue weighted by Crippen LogP contribution is -2.39. The van der Waals surface area contributed by atoms with Gasteiger partial charge in [0.05, 0.1) is 27.3 Å².